The van der Waals surface area contributed by atoms with E-state index in [1.54, 1.807) is 0 Å². The average Bonchev–Trinajstić information content (AvgIpc) is 2.38. The Balaban J connectivity index is 1.83. The Labute approximate surface area is 107 Å². The molecule has 3 heteroatoms. The lowest BCUT2D eigenvalue weighted by Gasteiger charge is -2.50. The molecule has 2 aromatic rings. The Morgan fingerprint density at radius 2 is 2.00 bits per heavy atom. The number of pyridine rings is 1. The van der Waals surface area contributed by atoms with E-state index in [1.165, 1.54) is 5.39 Å². The van der Waals surface area contributed by atoms with Crippen LogP contribution in [0.3, 0.4) is 0 Å². The Morgan fingerprint density at radius 1 is 1.22 bits per heavy atom. The summed E-state index contributed by atoms with van der Waals surface area (Å²) in [5.74, 6) is 0.943. The third kappa shape index (κ3) is 1.75. The second-order valence-electron chi connectivity index (χ2n) is 5.75. The number of hydrogen-bond donors (Lipinski definition) is 2. The maximum absolute atomic E-state index is 6.03. The van der Waals surface area contributed by atoms with Gasteiger partial charge in [-0.3, -0.25) is 0 Å². The van der Waals surface area contributed by atoms with Gasteiger partial charge in [-0.1, -0.05) is 32.0 Å². The van der Waals surface area contributed by atoms with Gasteiger partial charge in [0.1, 0.15) is 5.82 Å². The molecule has 0 aliphatic heterocycles. The number of anilines is 1. The minimum Gasteiger partial charge on any atom is -0.367 e. The van der Waals surface area contributed by atoms with Crippen LogP contribution in [0.5, 0.6) is 0 Å². The molecule has 0 radical (unpaired) electrons. The zero-order chi connectivity index (χ0) is 12.8. The Bertz CT molecular complexity index is 577. The van der Waals surface area contributed by atoms with Crippen molar-refractivity contribution in [3.63, 3.8) is 0 Å². The Kier molecular flexibility index (Phi) is 2.52. The van der Waals surface area contributed by atoms with Gasteiger partial charge in [-0.2, -0.15) is 0 Å². The number of nitrogens with two attached hydrogens (primary N) is 1. The third-order valence-electron chi connectivity index (χ3n) is 4.26. The van der Waals surface area contributed by atoms with E-state index in [4.69, 9.17) is 5.73 Å². The largest absolute Gasteiger partial charge is 0.367 e. The van der Waals surface area contributed by atoms with Crippen LogP contribution in [0.4, 0.5) is 5.82 Å². The van der Waals surface area contributed by atoms with Crippen LogP contribution in [0.15, 0.2) is 36.4 Å². The second kappa shape index (κ2) is 3.95. The predicted octanol–water partition coefficient (Wildman–Crippen LogP) is 2.77. The van der Waals surface area contributed by atoms with Gasteiger partial charge in [0.15, 0.2) is 0 Å². The smallest absolute Gasteiger partial charge is 0.126 e. The SMILES string of the molecule is CC1(C)C(N)CC1Nc1ccc2ccccc2n1. The lowest BCUT2D eigenvalue weighted by molar-refractivity contribution is 0.117. The molecule has 1 aliphatic carbocycles. The fourth-order valence-corrected chi connectivity index (χ4v) is 2.53. The van der Waals surface area contributed by atoms with Crippen LogP contribution >= 0.6 is 0 Å². The van der Waals surface area contributed by atoms with E-state index in [0.717, 1.165) is 17.8 Å². The van der Waals surface area contributed by atoms with Crippen LogP contribution < -0.4 is 11.1 Å². The predicted molar refractivity (Wildman–Crippen MR) is 75.5 cm³/mol. The number of rotatable bonds is 2. The van der Waals surface area contributed by atoms with E-state index in [0.29, 0.717) is 6.04 Å². The van der Waals surface area contributed by atoms with Crippen molar-refractivity contribution in [2.24, 2.45) is 11.1 Å². The van der Waals surface area contributed by atoms with E-state index in [2.05, 4.69) is 36.3 Å². The first-order valence-corrected chi connectivity index (χ1v) is 6.45. The van der Waals surface area contributed by atoms with Crippen LogP contribution in [-0.2, 0) is 0 Å². The molecule has 3 nitrogen and oxygen atoms in total. The summed E-state index contributed by atoms with van der Waals surface area (Å²) in [7, 11) is 0. The van der Waals surface area contributed by atoms with Crippen molar-refractivity contribution >= 4 is 16.7 Å². The number of benzene rings is 1. The van der Waals surface area contributed by atoms with Crippen LogP contribution in [0.25, 0.3) is 10.9 Å². The topological polar surface area (TPSA) is 50.9 Å². The van der Waals surface area contributed by atoms with Crippen molar-refractivity contribution in [3.8, 4) is 0 Å². The fourth-order valence-electron chi connectivity index (χ4n) is 2.53. The molecule has 1 heterocycles. The van der Waals surface area contributed by atoms with Crippen LogP contribution in [0.1, 0.15) is 20.3 Å². The van der Waals surface area contributed by atoms with Gasteiger partial charge in [-0.05, 0) is 24.6 Å². The maximum atomic E-state index is 6.03. The zero-order valence-electron chi connectivity index (χ0n) is 10.9. The average molecular weight is 241 g/mol. The molecule has 2 atom stereocenters. The molecule has 2 unspecified atom stereocenters. The number of fused-ring (bicyclic) bond motifs is 1. The van der Waals surface area contributed by atoms with Crippen molar-refractivity contribution in [1.29, 1.82) is 0 Å². The second-order valence-corrected chi connectivity index (χ2v) is 5.75. The van der Waals surface area contributed by atoms with Crippen molar-refractivity contribution in [2.45, 2.75) is 32.4 Å². The quantitative estimate of drug-likeness (QED) is 0.850. The maximum Gasteiger partial charge on any atom is 0.126 e. The van der Waals surface area contributed by atoms with E-state index >= 15 is 0 Å². The number of para-hydroxylation sites is 1. The molecule has 18 heavy (non-hydrogen) atoms. The summed E-state index contributed by atoms with van der Waals surface area (Å²) in [6.45, 7) is 4.42. The van der Waals surface area contributed by atoms with Crippen molar-refractivity contribution < 1.29 is 0 Å². The summed E-state index contributed by atoms with van der Waals surface area (Å²) in [4.78, 5) is 4.64. The molecule has 1 saturated carbocycles. The molecule has 1 aromatic heterocycles. The lowest BCUT2D eigenvalue weighted by Crippen LogP contribution is -2.61. The molecule has 1 fully saturated rings. The van der Waals surface area contributed by atoms with Gasteiger partial charge in [0.25, 0.3) is 0 Å². The van der Waals surface area contributed by atoms with E-state index in [9.17, 15) is 0 Å². The molecule has 0 spiro atoms. The Hall–Kier alpha value is -1.61. The third-order valence-corrected chi connectivity index (χ3v) is 4.26. The van der Waals surface area contributed by atoms with Crippen molar-refractivity contribution in [2.75, 3.05) is 5.32 Å². The van der Waals surface area contributed by atoms with Crippen LogP contribution in [-0.4, -0.2) is 17.1 Å². The molecular formula is C15H19N3. The summed E-state index contributed by atoms with van der Waals surface area (Å²) < 4.78 is 0. The standard InChI is InChI=1S/C15H19N3/c1-15(2)12(16)9-13(15)18-14-8-7-10-5-3-4-6-11(10)17-14/h3-8,12-13H,9,16H2,1-2H3,(H,17,18). The minimum absolute atomic E-state index is 0.146. The number of aromatic nitrogens is 1. The normalized spacial score (nSPS) is 25.7. The highest BCUT2D eigenvalue weighted by Gasteiger charge is 2.46. The summed E-state index contributed by atoms with van der Waals surface area (Å²) in [5, 5.41) is 4.67. The highest BCUT2D eigenvalue weighted by molar-refractivity contribution is 5.80. The van der Waals surface area contributed by atoms with Gasteiger partial charge in [0.05, 0.1) is 5.52 Å². The monoisotopic (exact) mass is 241 g/mol. The van der Waals surface area contributed by atoms with Gasteiger partial charge in [-0.15, -0.1) is 0 Å². The molecule has 94 valence electrons. The summed E-state index contributed by atoms with van der Waals surface area (Å²) in [5.41, 5.74) is 7.21. The molecule has 1 aliphatic rings. The number of nitrogens with one attached hydrogen (secondary N) is 1. The lowest BCUT2D eigenvalue weighted by atomic mass is 9.63. The molecular weight excluding hydrogens is 222 g/mol. The first-order chi connectivity index (χ1) is 8.57. The van der Waals surface area contributed by atoms with Gasteiger partial charge in [-0.25, -0.2) is 4.98 Å². The van der Waals surface area contributed by atoms with E-state index < -0.39 is 0 Å². The van der Waals surface area contributed by atoms with Crippen LogP contribution in [0.2, 0.25) is 0 Å². The summed E-state index contributed by atoms with van der Waals surface area (Å²) >= 11 is 0. The first-order valence-electron chi connectivity index (χ1n) is 6.45. The van der Waals surface area contributed by atoms with E-state index in [-0.39, 0.29) is 11.5 Å². The number of nitrogens with zero attached hydrogens (tertiary/aromatic N) is 1. The van der Waals surface area contributed by atoms with Crippen molar-refractivity contribution in [3.05, 3.63) is 36.4 Å². The molecule has 3 N–H and O–H groups in total. The molecule has 3 rings (SSSR count). The zero-order valence-corrected chi connectivity index (χ0v) is 10.9. The molecule has 0 bridgehead atoms. The number of hydrogen-bond acceptors (Lipinski definition) is 3. The first kappa shape index (κ1) is 11.5. The van der Waals surface area contributed by atoms with Gasteiger partial charge in [0, 0.05) is 22.9 Å². The minimum atomic E-state index is 0.146. The summed E-state index contributed by atoms with van der Waals surface area (Å²) in [6.07, 6.45) is 1.02. The van der Waals surface area contributed by atoms with Gasteiger partial charge in [0.2, 0.25) is 0 Å². The van der Waals surface area contributed by atoms with Crippen LogP contribution in [0, 0.1) is 5.41 Å². The fraction of sp³-hybridized carbons (Fsp3) is 0.400. The molecule has 0 saturated heterocycles. The highest BCUT2D eigenvalue weighted by atomic mass is 15.1. The van der Waals surface area contributed by atoms with Gasteiger partial charge < -0.3 is 11.1 Å². The van der Waals surface area contributed by atoms with Gasteiger partial charge >= 0.3 is 0 Å². The Morgan fingerprint density at radius 3 is 2.72 bits per heavy atom. The highest BCUT2D eigenvalue weighted by Crippen LogP contribution is 2.40. The molecule has 0 amide bonds. The van der Waals surface area contributed by atoms with Crippen molar-refractivity contribution in [1.82, 2.24) is 4.98 Å². The molecule has 1 aromatic carbocycles. The van der Waals surface area contributed by atoms with E-state index in [1.807, 2.05) is 24.3 Å². The summed E-state index contributed by atoms with van der Waals surface area (Å²) in [6, 6.07) is 13.0.